The number of aromatic nitrogens is 2. The van der Waals surface area contributed by atoms with E-state index in [1.165, 1.54) is 18.2 Å². The van der Waals surface area contributed by atoms with Crippen LogP contribution in [0.5, 0.6) is 6.01 Å². The van der Waals surface area contributed by atoms with Crippen LogP contribution in [-0.2, 0) is 10.0 Å². The number of sulfonamides is 1. The monoisotopic (exact) mass is 351 g/mol. The summed E-state index contributed by atoms with van der Waals surface area (Å²) in [6, 6.07) is 7.17. The summed E-state index contributed by atoms with van der Waals surface area (Å²) < 4.78 is 46.5. The quantitative estimate of drug-likeness (QED) is 0.894. The molecule has 24 heavy (non-hydrogen) atoms. The molecule has 1 aliphatic rings. The highest BCUT2D eigenvalue weighted by Gasteiger charge is 2.28. The molecule has 1 aliphatic carbocycles. The lowest BCUT2D eigenvalue weighted by molar-refractivity contribution is 0.132. The Hall–Kier alpha value is -2.06. The number of rotatable bonds is 5. The third kappa shape index (κ3) is 4.07. The second-order valence-electron chi connectivity index (χ2n) is 5.67. The van der Waals surface area contributed by atoms with Gasteiger partial charge in [-0.3, -0.25) is 0 Å². The van der Waals surface area contributed by atoms with Gasteiger partial charge in [0.15, 0.2) is 0 Å². The summed E-state index contributed by atoms with van der Waals surface area (Å²) in [5.41, 5.74) is 0. The number of ether oxygens (including phenoxy) is 1. The van der Waals surface area contributed by atoms with E-state index in [1.807, 2.05) is 0 Å². The van der Waals surface area contributed by atoms with Gasteiger partial charge >= 0.3 is 6.01 Å². The van der Waals surface area contributed by atoms with Gasteiger partial charge < -0.3 is 4.74 Å². The summed E-state index contributed by atoms with van der Waals surface area (Å²) >= 11 is 0. The molecule has 1 saturated carbocycles. The van der Waals surface area contributed by atoms with Crippen LogP contribution < -0.4 is 9.46 Å². The largest absolute Gasteiger partial charge is 0.460 e. The van der Waals surface area contributed by atoms with E-state index in [9.17, 15) is 12.8 Å². The van der Waals surface area contributed by atoms with E-state index in [4.69, 9.17) is 4.74 Å². The van der Waals surface area contributed by atoms with E-state index in [1.54, 1.807) is 18.5 Å². The number of nitrogens with one attached hydrogen (secondary N) is 1. The van der Waals surface area contributed by atoms with Crippen LogP contribution >= 0.6 is 0 Å². The lowest BCUT2D eigenvalue weighted by Crippen LogP contribution is -2.40. The fourth-order valence-electron chi connectivity index (χ4n) is 2.74. The predicted molar refractivity (Wildman–Crippen MR) is 85.4 cm³/mol. The van der Waals surface area contributed by atoms with Gasteiger partial charge in [0, 0.05) is 18.4 Å². The van der Waals surface area contributed by atoms with E-state index in [0.717, 1.165) is 6.07 Å². The zero-order chi connectivity index (χ0) is 17.0. The molecule has 2 aromatic rings. The third-order valence-corrected chi connectivity index (χ3v) is 5.49. The van der Waals surface area contributed by atoms with Crippen molar-refractivity contribution in [2.45, 2.75) is 42.7 Å². The SMILES string of the molecule is O=S(=O)(NC1CCC(Oc2ncccn2)CC1)c1ccccc1F. The highest BCUT2D eigenvalue weighted by Crippen LogP contribution is 2.24. The molecule has 8 heteroatoms. The summed E-state index contributed by atoms with van der Waals surface area (Å²) in [6.07, 6.45) is 5.77. The van der Waals surface area contributed by atoms with Gasteiger partial charge in [-0.05, 0) is 43.9 Å². The Balaban J connectivity index is 1.56. The molecule has 1 fully saturated rings. The first kappa shape index (κ1) is 16.8. The first-order valence-corrected chi connectivity index (χ1v) is 9.23. The maximum Gasteiger partial charge on any atom is 0.316 e. The number of nitrogens with zero attached hydrogens (tertiary/aromatic N) is 2. The van der Waals surface area contributed by atoms with E-state index in [2.05, 4.69) is 14.7 Å². The Morgan fingerprint density at radius 1 is 1.04 bits per heavy atom. The van der Waals surface area contributed by atoms with Crippen molar-refractivity contribution in [3.8, 4) is 6.01 Å². The Morgan fingerprint density at radius 3 is 2.38 bits per heavy atom. The van der Waals surface area contributed by atoms with Gasteiger partial charge in [-0.2, -0.15) is 0 Å². The Bertz CT molecular complexity index is 778. The number of hydrogen-bond acceptors (Lipinski definition) is 5. The molecular weight excluding hydrogens is 333 g/mol. The topological polar surface area (TPSA) is 81.2 Å². The van der Waals surface area contributed by atoms with Crippen molar-refractivity contribution in [1.29, 1.82) is 0 Å². The van der Waals surface area contributed by atoms with Crippen molar-refractivity contribution in [1.82, 2.24) is 14.7 Å². The van der Waals surface area contributed by atoms with Gasteiger partial charge in [0.25, 0.3) is 0 Å². The van der Waals surface area contributed by atoms with Gasteiger partial charge in [-0.1, -0.05) is 12.1 Å². The molecule has 0 radical (unpaired) electrons. The highest BCUT2D eigenvalue weighted by atomic mass is 32.2. The molecule has 1 aromatic heterocycles. The number of halogens is 1. The van der Waals surface area contributed by atoms with E-state index >= 15 is 0 Å². The van der Waals surface area contributed by atoms with Crippen LogP contribution in [0.3, 0.4) is 0 Å². The molecule has 0 spiro atoms. The molecule has 1 N–H and O–H groups in total. The van der Waals surface area contributed by atoms with Crippen molar-refractivity contribution < 1.29 is 17.5 Å². The summed E-state index contributed by atoms with van der Waals surface area (Å²) in [5, 5.41) is 0. The van der Waals surface area contributed by atoms with Crippen LogP contribution in [0.15, 0.2) is 47.6 Å². The van der Waals surface area contributed by atoms with Gasteiger partial charge in [0.1, 0.15) is 16.8 Å². The molecule has 0 amide bonds. The number of hydrogen-bond donors (Lipinski definition) is 1. The second-order valence-corrected chi connectivity index (χ2v) is 7.36. The normalized spacial score (nSPS) is 21.4. The Labute approximate surface area is 140 Å². The van der Waals surface area contributed by atoms with Crippen LogP contribution in [0, 0.1) is 5.82 Å². The van der Waals surface area contributed by atoms with Crippen molar-refractivity contribution in [3.05, 3.63) is 48.5 Å². The Kier molecular flexibility index (Phi) is 5.06. The van der Waals surface area contributed by atoms with E-state index < -0.39 is 15.8 Å². The maximum atomic E-state index is 13.7. The van der Waals surface area contributed by atoms with E-state index in [0.29, 0.717) is 31.7 Å². The van der Waals surface area contributed by atoms with Crippen LogP contribution in [0.1, 0.15) is 25.7 Å². The fraction of sp³-hybridized carbons (Fsp3) is 0.375. The molecule has 0 atom stereocenters. The third-order valence-electron chi connectivity index (χ3n) is 3.94. The lowest BCUT2D eigenvalue weighted by atomic mass is 9.94. The minimum atomic E-state index is -3.86. The van der Waals surface area contributed by atoms with Crippen LogP contribution in [-0.4, -0.2) is 30.5 Å². The minimum Gasteiger partial charge on any atom is -0.460 e. The predicted octanol–water partition coefficient (Wildman–Crippen LogP) is 2.28. The average Bonchev–Trinajstić information content (AvgIpc) is 2.58. The van der Waals surface area contributed by atoms with Gasteiger partial charge in [0.2, 0.25) is 10.0 Å². The Morgan fingerprint density at radius 2 is 1.71 bits per heavy atom. The summed E-state index contributed by atoms with van der Waals surface area (Å²) in [6.45, 7) is 0. The fourth-order valence-corrected chi connectivity index (χ4v) is 4.12. The molecule has 0 saturated heterocycles. The first-order valence-electron chi connectivity index (χ1n) is 7.75. The average molecular weight is 351 g/mol. The van der Waals surface area contributed by atoms with Crippen molar-refractivity contribution in [2.24, 2.45) is 0 Å². The smallest absolute Gasteiger partial charge is 0.316 e. The molecular formula is C16H18FN3O3S. The van der Waals surface area contributed by atoms with Gasteiger partial charge in [0.05, 0.1) is 0 Å². The van der Waals surface area contributed by atoms with Crippen LogP contribution in [0.4, 0.5) is 4.39 Å². The molecule has 1 heterocycles. The van der Waals surface area contributed by atoms with Crippen molar-refractivity contribution >= 4 is 10.0 Å². The van der Waals surface area contributed by atoms with Gasteiger partial charge in [-0.25, -0.2) is 27.5 Å². The second kappa shape index (κ2) is 7.23. The van der Waals surface area contributed by atoms with Crippen molar-refractivity contribution in [2.75, 3.05) is 0 Å². The van der Waals surface area contributed by atoms with Gasteiger partial charge in [-0.15, -0.1) is 0 Å². The highest BCUT2D eigenvalue weighted by molar-refractivity contribution is 7.89. The minimum absolute atomic E-state index is 0.0402. The maximum absolute atomic E-state index is 13.7. The zero-order valence-corrected chi connectivity index (χ0v) is 13.7. The zero-order valence-electron chi connectivity index (χ0n) is 12.9. The molecule has 0 bridgehead atoms. The standard InChI is InChI=1S/C16H18FN3O3S/c17-14-4-1-2-5-15(14)24(21,22)20-12-6-8-13(9-7-12)23-16-18-10-3-11-19-16/h1-5,10-13,20H,6-9H2. The summed E-state index contributed by atoms with van der Waals surface area (Å²) in [4.78, 5) is 7.71. The molecule has 1 aromatic carbocycles. The van der Waals surface area contributed by atoms with Crippen LogP contribution in [0.25, 0.3) is 0 Å². The summed E-state index contributed by atoms with van der Waals surface area (Å²) in [7, 11) is -3.86. The lowest BCUT2D eigenvalue weighted by Gasteiger charge is -2.28. The molecule has 0 unspecified atom stereocenters. The molecule has 0 aliphatic heterocycles. The summed E-state index contributed by atoms with van der Waals surface area (Å²) in [5.74, 6) is -0.747. The van der Waals surface area contributed by atoms with E-state index in [-0.39, 0.29) is 17.0 Å². The number of benzene rings is 1. The first-order chi connectivity index (χ1) is 11.5. The molecule has 6 nitrogen and oxygen atoms in total. The molecule has 3 rings (SSSR count). The van der Waals surface area contributed by atoms with Crippen molar-refractivity contribution in [3.63, 3.8) is 0 Å². The van der Waals surface area contributed by atoms with Crippen LogP contribution in [0.2, 0.25) is 0 Å². The molecule has 128 valence electrons.